The summed E-state index contributed by atoms with van der Waals surface area (Å²) in [5, 5.41) is 12.6. The van der Waals surface area contributed by atoms with Crippen LogP contribution in [0.2, 0.25) is 0 Å². The van der Waals surface area contributed by atoms with Crippen molar-refractivity contribution < 1.29 is 5.11 Å². The molecule has 0 bridgehead atoms. The van der Waals surface area contributed by atoms with Gasteiger partial charge in [-0.2, -0.15) is 0 Å². The molecule has 1 unspecified atom stereocenters. The molecule has 2 nitrogen and oxygen atoms in total. The largest absolute Gasteiger partial charge is 0.396 e. The van der Waals surface area contributed by atoms with Gasteiger partial charge in [0.25, 0.3) is 0 Å². The lowest BCUT2D eigenvalue weighted by molar-refractivity contribution is 0.288. The summed E-state index contributed by atoms with van der Waals surface area (Å²) in [5.41, 5.74) is 3.73. The van der Waals surface area contributed by atoms with Crippen molar-refractivity contribution in [3.63, 3.8) is 0 Å². The van der Waals surface area contributed by atoms with Gasteiger partial charge in [-0.3, -0.25) is 0 Å². The Morgan fingerprint density at radius 1 is 1.00 bits per heavy atom. The summed E-state index contributed by atoms with van der Waals surface area (Å²) in [6.45, 7) is 4.72. The van der Waals surface area contributed by atoms with Crippen molar-refractivity contribution in [2.75, 3.05) is 11.9 Å². The zero-order valence-corrected chi connectivity index (χ0v) is 12.9. The zero-order chi connectivity index (χ0) is 15.1. The van der Waals surface area contributed by atoms with Crippen LogP contribution in [0.15, 0.2) is 54.6 Å². The van der Waals surface area contributed by atoms with E-state index in [2.05, 4.69) is 73.8 Å². The van der Waals surface area contributed by atoms with Gasteiger partial charge < -0.3 is 10.4 Å². The molecule has 2 N–H and O–H groups in total. The third-order valence-corrected chi connectivity index (χ3v) is 3.70. The molecule has 0 aliphatic rings. The standard InChI is InChI=1S/C19H25NO/c1-15(2)19(17-10-4-3-5-11-17)20-18-12-6-8-16(14-18)9-7-13-21/h3-6,8,10-12,14-15,19-21H,7,9,13H2,1-2H3. The van der Waals surface area contributed by atoms with Gasteiger partial charge in [0.1, 0.15) is 0 Å². The molecule has 21 heavy (non-hydrogen) atoms. The minimum atomic E-state index is 0.246. The molecule has 0 amide bonds. The number of hydrogen-bond donors (Lipinski definition) is 2. The molecule has 0 fully saturated rings. The van der Waals surface area contributed by atoms with Crippen LogP contribution in [0.3, 0.4) is 0 Å². The number of hydrogen-bond acceptors (Lipinski definition) is 2. The van der Waals surface area contributed by atoms with Crippen molar-refractivity contribution in [1.82, 2.24) is 0 Å². The van der Waals surface area contributed by atoms with Crippen LogP contribution in [0.1, 0.15) is 37.4 Å². The number of anilines is 1. The van der Waals surface area contributed by atoms with E-state index in [0.29, 0.717) is 12.0 Å². The Hall–Kier alpha value is -1.80. The lowest BCUT2D eigenvalue weighted by Gasteiger charge is -2.24. The Morgan fingerprint density at radius 2 is 1.76 bits per heavy atom. The van der Waals surface area contributed by atoms with E-state index in [-0.39, 0.29) is 6.61 Å². The molecule has 2 aromatic carbocycles. The summed E-state index contributed by atoms with van der Waals surface area (Å²) < 4.78 is 0. The maximum Gasteiger partial charge on any atom is 0.0536 e. The van der Waals surface area contributed by atoms with E-state index >= 15 is 0 Å². The molecule has 0 saturated heterocycles. The fraction of sp³-hybridized carbons (Fsp3) is 0.368. The third kappa shape index (κ3) is 4.61. The zero-order valence-electron chi connectivity index (χ0n) is 12.9. The van der Waals surface area contributed by atoms with Crippen LogP contribution in [0.4, 0.5) is 5.69 Å². The summed E-state index contributed by atoms with van der Waals surface area (Å²) >= 11 is 0. The van der Waals surface area contributed by atoms with Crippen LogP contribution in [0.25, 0.3) is 0 Å². The number of rotatable bonds is 7. The average molecular weight is 283 g/mol. The molecule has 2 heteroatoms. The number of benzene rings is 2. The van der Waals surface area contributed by atoms with Gasteiger partial charge in [0, 0.05) is 12.3 Å². The summed E-state index contributed by atoms with van der Waals surface area (Å²) in [4.78, 5) is 0. The van der Waals surface area contributed by atoms with E-state index in [4.69, 9.17) is 5.11 Å². The van der Waals surface area contributed by atoms with Gasteiger partial charge in [0.2, 0.25) is 0 Å². The molecule has 0 aliphatic heterocycles. The summed E-state index contributed by atoms with van der Waals surface area (Å²) in [6.07, 6.45) is 1.74. The number of aliphatic hydroxyl groups excluding tert-OH is 1. The quantitative estimate of drug-likeness (QED) is 0.788. The molecule has 0 aliphatic carbocycles. The van der Waals surface area contributed by atoms with Gasteiger partial charge in [0.05, 0.1) is 6.04 Å². The van der Waals surface area contributed by atoms with E-state index in [9.17, 15) is 0 Å². The SMILES string of the molecule is CC(C)C(Nc1cccc(CCCO)c1)c1ccccc1. The molecular formula is C19H25NO. The number of aryl methyl sites for hydroxylation is 1. The molecule has 0 spiro atoms. The number of nitrogens with one attached hydrogen (secondary N) is 1. The smallest absolute Gasteiger partial charge is 0.0536 e. The molecule has 0 radical (unpaired) electrons. The Kier molecular flexibility index (Phi) is 5.82. The molecule has 0 aromatic heterocycles. The van der Waals surface area contributed by atoms with Crippen LogP contribution in [-0.2, 0) is 6.42 Å². The second kappa shape index (κ2) is 7.84. The first-order chi connectivity index (χ1) is 10.2. The predicted octanol–water partition coefficient (Wildman–Crippen LogP) is 4.42. The Balaban J connectivity index is 2.14. The predicted molar refractivity (Wildman–Crippen MR) is 89.5 cm³/mol. The molecule has 0 heterocycles. The fourth-order valence-corrected chi connectivity index (χ4v) is 2.57. The van der Waals surface area contributed by atoms with Crippen molar-refractivity contribution in [2.24, 2.45) is 5.92 Å². The van der Waals surface area contributed by atoms with Crippen LogP contribution in [0, 0.1) is 5.92 Å². The number of aliphatic hydroxyl groups is 1. The van der Waals surface area contributed by atoms with Crippen molar-refractivity contribution in [2.45, 2.75) is 32.7 Å². The summed E-state index contributed by atoms with van der Waals surface area (Å²) in [5.74, 6) is 0.508. The minimum Gasteiger partial charge on any atom is -0.396 e. The maximum absolute atomic E-state index is 8.95. The average Bonchev–Trinajstić information content (AvgIpc) is 2.51. The fourth-order valence-electron chi connectivity index (χ4n) is 2.57. The molecular weight excluding hydrogens is 258 g/mol. The Labute approximate surface area is 127 Å². The minimum absolute atomic E-state index is 0.246. The maximum atomic E-state index is 8.95. The highest BCUT2D eigenvalue weighted by molar-refractivity contribution is 5.48. The Morgan fingerprint density at radius 3 is 2.43 bits per heavy atom. The first-order valence-corrected chi connectivity index (χ1v) is 7.72. The van der Waals surface area contributed by atoms with Crippen LogP contribution >= 0.6 is 0 Å². The first kappa shape index (κ1) is 15.6. The lowest BCUT2D eigenvalue weighted by atomic mass is 9.95. The summed E-state index contributed by atoms with van der Waals surface area (Å²) in [7, 11) is 0. The molecule has 0 saturated carbocycles. The van der Waals surface area contributed by atoms with Crippen LogP contribution in [-0.4, -0.2) is 11.7 Å². The first-order valence-electron chi connectivity index (χ1n) is 7.72. The second-order valence-electron chi connectivity index (χ2n) is 5.80. The van der Waals surface area contributed by atoms with E-state index < -0.39 is 0 Å². The topological polar surface area (TPSA) is 32.3 Å². The van der Waals surface area contributed by atoms with Gasteiger partial charge >= 0.3 is 0 Å². The highest BCUT2D eigenvalue weighted by Crippen LogP contribution is 2.26. The monoisotopic (exact) mass is 283 g/mol. The second-order valence-corrected chi connectivity index (χ2v) is 5.80. The highest BCUT2D eigenvalue weighted by Gasteiger charge is 2.15. The van der Waals surface area contributed by atoms with Gasteiger partial charge in [-0.05, 0) is 42.0 Å². The normalized spacial score (nSPS) is 12.4. The van der Waals surface area contributed by atoms with E-state index in [1.54, 1.807) is 0 Å². The van der Waals surface area contributed by atoms with Crippen LogP contribution in [0.5, 0.6) is 0 Å². The third-order valence-electron chi connectivity index (χ3n) is 3.70. The van der Waals surface area contributed by atoms with Crippen molar-refractivity contribution >= 4 is 5.69 Å². The lowest BCUT2D eigenvalue weighted by Crippen LogP contribution is -2.16. The van der Waals surface area contributed by atoms with Gasteiger partial charge in [-0.15, -0.1) is 0 Å². The highest BCUT2D eigenvalue weighted by atomic mass is 16.2. The van der Waals surface area contributed by atoms with Crippen molar-refractivity contribution in [1.29, 1.82) is 0 Å². The van der Waals surface area contributed by atoms with Crippen molar-refractivity contribution in [3.8, 4) is 0 Å². The van der Waals surface area contributed by atoms with Gasteiger partial charge in [-0.1, -0.05) is 56.3 Å². The summed E-state index contributed by atoms with van der Waals surface area (Å²) in [6, 6.07) is 19.4. The molecule has 2 aromatic rings. The van der Waals surface area contributed by atoms with E-state index in [1.807, 2.05) is 0 Å². The molecule has 2 rings (SSSR count). The van der Waals surface area contributed by atoms with Crippen molar-refractivity contribution in [3.05, 3.63) is 65.7 Å². The molecule has 1 atom stereocenters. The van der Waals surface area contributed by atoms with Gasteiger partial charge in [0.15, 0.2) is 0 Å². The van der Waals surface area contributed by atoms with E-state index in [0.717, 1.165) is 18.5 Å². The molecule has 112 valence electrons. The van der Waals surface area contributed by atoms with E-state index in [1.165, 1.54) is 11.1 Å². The Bertz CT molecular complexity index is 536. The van der Waals surface area contributed by atoms with Crippen LogP contribution < -0.4 is 5.32 Å². The van der Waals surface area contributed by atoms with Gasteiger partial charge in [-0.25, -0.2) is 0 Å².